The highest BCUT2D eigenvalue weighted by atomic mass is 28.4. The number of carbonyl (C=O) groups is 1. The minimum Gasteiger partial charge on any atom is -0.413 e. The van der Waals surface area contributed by atoms with Gasteiger partial charge in [0.1, 0.15) is 6.04 Å². The van der Waals surface area contributed by atoms with E-state index in [1.54, 1.807) is 0 Å². The largest absolute Gasteiger partial charge is 0.413 e. The molecule has 0 spiro atoms. The van der Waals surface area contributed by atoms with Crippen LogP contribution in [0, 0.1) is 18.3 Å². The van der Waals surface area contributed by atoms with Gasteiger partial charge in [0.05, 0.1) is 12.0 Å². The Labute approximate surface area is 112 Å². The molecule has 1 unspecified atom stereocenters. The van der Waals surface area contributed by atoms with E-state index in [1.165, 1.54) is 0 Å². The summed E-state index contributed by atoms with van der Waals surface area (Å²) >= 11 is 0. The summed E-state index contributed by atoms with van der Waals surface area (Å²) in [4.78, 5) is 11.7. The standard InChI is InChI=1S/C14H25NO2Si/c1-8-10-12(13(16)15-10)11(9-2)17-18(6,7)14(3,4)5/h1,10-12H,9H2,2-7H3,(H,15,16)/t10-,11?,12-/m1/s1. The summed E-state index contributed by atoms with van der Waals surface area (Å²) in [6, 6.07) is -0.160. The van der Waals surface area contributed by atoms with Crippen molar-refractivity contribution in [3.8, 4) is 12.3 Å². The van der Waals surface area contributed by atoms with Crippen LogP contribution >= 0.6 is 0 Å². The van der Waals surface area contributed by atoms with Gasteiger partial charge in [-0.05, 0) is 24.6 Å². The van der Waals surface area contributed by atoms with Crippen LogP contribution in [-0.4, -0.2) is 26.4 Å². The van der Waals surface area contributed by atoms with E-state index >= 15 is 0 Å². The number of terminal acetylenes is 1. The van der Waals surface area contributed by atoms with Crippen molar-refractivity contribution in [2.24, 2.45) is 5.92 Å². The van der Waals surface area contributed by atoms with Crippen molar-refractivity contribution in [2.45, 2.75) is 64.4 Å². The van der Waals surface area contributed by atoms with E-state index in [0.717, 1.165) is 6.42 Å². The summed E-state index contributed by atoms with van der Waals surface area (Å²) in [5, 5.41) is 2.89. The lowest BCUT2D eigenvalue weighted by atomic mass is 9.85. The highest BCUT2D eigenvalue weighted by Crippen LogP contribution is 2.39. The third-order valence-electron chi connectivity index (χ3n) is 4.19. The van der Waals surface area contributed by atoms with Crippen LogP contribution in [0.25, 0.3) is 0 Å². The first-order valence-corrected chi connectivity index (χ1v) is 9.49. The van der Waals surface area contributed by atoms with E-state index in [1.807, 2.05) is 0 Å². The zero-order valence-electron chi connectivity index (χ0n) is 12.3. The van der Waals surface area contributed by atoms with Crippen LogP contribution in [0.4, 0.5) is 0 Å². The van der Waals surface area contributed by atoms with Gasteiger partial charge >= 0.3 is 0 Å². The molecule has 0 aromatic carbocycles. The highest BCUT2D eigenvalue weighted by molar-refractivity contribution is 6.74. The molecule has 102 valence electrons. The lowest BCUT2D eigenvalue weighted by Gasteiger charge is -2.44. The molecular formula is C14H25NO2Si. The molecule has 0 radical (unpaired) electrons. The maximum atomic E-state index is 11.7. The van der Waals surface area contributed by atoms with E-state index in [-0.39, 0.29) is 29.0 Å². The number of hydrogen-bond donors (Lipinski definition) is 1. The summed E-state index contributed by atoms with van der Waals surface area (Å²) in [6.07, 6.45) is 6.19. The number of hydrogen-bond acceptors (Lipinski definition) is 2. The van der Waals surface area contributed by atoms with E-state index in [2.05, 4.69) is 52.0 Å². The molecule has 0 aromatic heterocycles. The average molecular weight is 267 g/mol. The summed E-state index contributed by atoms with van der Waals surface area (Å²) in [5.41, 5.74) is 0. The second-order valence-corrected chi connectivity index (χ2v) is 11.3. The SMILES string of the molecule is C#C[C@H]1NC(=O)[C@H]1C(CC)O[Si](C)(C)C(C)(C)C. The van der Waals surface area contributed by atoms with E-state index in [9.17, 15) is 4.79 Å². The van der Waals surface area contributed by atoms with Crippen LogP contribution in [0.3, 0.4) is 0 Å². The first-order chi connectivity index (χ1) is 8.14. The maximum Gasteiger partial charge on any atom is 0.229 e. The molecule has 1 aliphatic rings. The summed E-state index contributed by atoms with van der Waals surface area (Å²) in [6.45, 7) is 13.1. The van der Waals surface area contributed by atoms with E-state index in [0.29, 0.717) is 0 Å². The molecule has 1 amide bonds. The molecule has 3 nitrogen and oxygen atoms in total. The molecular weight excluding hydrogens is 242 g/mol. The van der Waals surface area contributed by atoms with E-state index < -0.39 is 8.32 Å². The van der Waals surface area contributed by atoms with Crippen LogP contribution in [-0.2, 0) is 9.22 Å². The summed E-state index contributed by atoms with van der Waals surface area (Å²) in [7, 11) is -1.85. The zero-order chi connectivity index (χ0) is 14.1. The third-order valence-corrected chi connectivity index (χ3v) is 8.70. The van der Waals surface area contributed by atoms with Crippen LogP contribution < -0.4 is 5.32 Å². The average Bonchev–Trinajstić information content (AvgIpc) is 2.22. The fourth-order valence-electron chi connectivity index (χ4n) is 1.89. The normalized spacial score (nSPS) is 25.9. The fraction of sp³-hybridized carbons (Fsp3) is 0.786. The molecule has 1 fully saturated rings. The number of rotatable bonds is 4. The van der Waals surface area contributed by atoms with Gasteiger partial charge in [-0.1, -0.05) is 33.6 Å². The zero-order valence-corrected chi connectivity index (χ0v) is 13.3. The minimum atomic E-state index is -1.85. The molecule has 0 aromatic rings. The van der Waals surface area contributed by atoms with Gasteiger partial charge in [0.15, 0.2) is 8.32 Å². The Balaban J connectivity index is 2.80. The Morgan fingerprint density at radius 1 is 1.50 bits per heavy atom. The number of amides is 1. The van der Waals surface area contributed by atoms with Crippen molar-refractivity contribution >= 4 is 14.2 Å². The predicted octanol–water partition coefficient (Wildman–Crippen LogP) is 2.53. The van der Waals surface area contributed by atoms with Crippen LogP contribution in [0.15, 0.2) is 0 Å². The van der Waals surface area contributed by atoms with Crippen molar-refractivity contribution < 1.29 is 9.22 Å². The van der Waals surface area contributed by atoms with Gasteiger partial charge in [-0.15, -0.1) is 6.42 Å². The van der Waals surface area contributed by atoms with Gasteiger partial charge in [0.2, 0.25) is 5.91 Å². The topological polar surface area (TPSA) is 38.3 Å². The molecule has 1 rings (SSSR count). The third kappa shape index (κ3) is 2.78. The quantitative estimate of drug-likeness (QED) is 0.483. The molecule has 1 heterocycles. The molecule has 1 aliphatic heterocycles. The molecule has 1 saturated heterocycles. The molecule has 4 heteroatoms. The molecule has 18 heavy (non-hydrogen) atoms. The molecule has 3 atom stereocenters. The van der Waals surface area contributed by atoms with Gasteiger partial charge in [-0.3, -0.25) is 4.79 Å². The fourth-order valence-corrected chi connectivity index (χ4v) is 3.31. The molecule has 0 aliphatic carbocycles. The highest BCUT2D eigenvalue weighted by Gasteiger charge is 2.47. The van der Waals surface area contributed by atoms with Crippen LogP contribution in [0.5, 0.6) is 0 Å². The molecule has 0 saturated carbocycles. The second kappa shape index (κ2) is 5.06. The molecule has 0 bridgehead atoms. The number of carbonyl (C=O) groups excluding carboxylic acids is 1. The maximum absolute atomic E-state index is 11.7. The number of β-lactam (4-membered cyclic amide) rings is 1. The smallest absolute Gasteiger partial charge is 0.229 e. The van der Waals surface area contributed by atoms with Crippen molar-refractivity contribution in [2.75, 3.05) is 0 Å². The lowest BCUT2D eigenvalue weighted by molar-refractivity contribution is -0.138. The lowest BCUT2D eigenvalue weighted by Crippen LogP contribution is -2.63. The summed E-state index contributed by atoms with van der Waals surface area (Å²) in [5.74, 6) is 2.48. The Morgan fingerprint density at radius 2 is 2.06 bits per heavy atom. The van der Waals surface area contributed by atoms with E-state index in [4.69, 9.17) is 10.8 Å². The minimum absolute atomic E-state index is 0.0310. The van der Waals surface area contributed by atoms with Crippen molar-refractivity contribution in [1.82, 2.24) is 5.32 Å². The van der Waals surface area contributed by atoms with Gasteiger partial charge in [0, 0.05) is 0 Å². The van der Waals surface area contributed by atoms with Crippen molar-refractivity contribution in [3.05, 3.63) is 0 Å². The van der Waals surface area contributed by atoms with Crippen LogP contribution in [0.2, 0.25) is 18.1 Å². The van der Waals surface area contributed by atoms with Gasteiger partial charge in [-0.25, -0.2) is 0 Å². The first-order valence-electron chi connectivity index (χ1n) is 6.58. The van der Waals surface area contributed by atoms with Gasteiger partial charge in [0.25, 0.3) is 0 Å². The van der Waals surface area contributed by atoms with Crippen molar-refractivity contribution in [3.63, 3.8) is 0 Å². The van der Waals surface area contributed by atoms with Crippen molar-refractivity contribution in [1.29, 1.82) is 0 Å². The Morgan fingerprint density at radius 3 is 2.39 bits per heavy atom. The Kier molecular flexibility index (Phi) is 4.29. The van der Waals surface area contributed by atoms with Gasteiger partial charge in [-0.2, -0.15) is 0 Å². The monoisotopic (exact) mass is 267 g/mol. The molecule has 1 N–H and O–H groups in total. The number of nitrogens with one attached hydrogen (secondary N) is 1. The van der Waals surface area contributed by atoms with Crippen LogP contribution in [0.1, 0.15) is 34.1 Å². The first kappa shape index (κ1) is 15.3. The predicted molar refractivity (Wildman–Crippen MR) is 76.6 cm³/mol. The second-order valence-electron chi connectivity index (χ2n) is 6.50. The Hall–Kier alpha value is -0.793. The Bertz CT molecular complexity index is 365. The summed E-state index contributed by atoms with van der Waals surface area (Å²) < 4.78 is 6.34. The van der Waals surface area contributed by atoms with Gasteiger partial charge < -0.3 is 9.74 Å².